The van der Waals surface area contributed by atoms with Crippen LogP contribution >= 0.6 is 0 Å². The quantitative estimate of drug-likeness (QED) is 0.557. The van der Waals surface area contributed by atoms with Gasteiger partial charge in [0.25, 0.3) is 5.71 Å². The number of likely N-dealkylation sites (tertiary alicyclic amines) is 1. The van der Waals surface area contributed by atoms with Gasteiger partial charge in [-0.05, 0) is 43.9 Å². The number of benzene rings is 1. The highest BCUT2D eigenvalue weighted by Gasteiger charge is 2.38. The normalized spacial score (nSPS) is 17.0. The summed E-state index contributed by atoms with van der Waals surface area (Å²) < 4.78 is 51.5. The number of pyridine rings is 1. The van der Waals surface area contributed by atoms with Gasteiger partial charge in [0.1, 0.15) is 5.75 Å². The zero-order valence-electron chi connectivity index (χ0n) is 17.9. The molecule has 4 rings (SSSR count). The van der Waals surface area contributed by atoms with Crippen molar-refractivity contribution in [2.24, 2.45) is 0 Å². The van der Waals surface area contributed by atoms with E-state index in [2.05, 4.69) is 10.1 Å². The zero-order valence-corrected chi connectivity index (χ0v) is 17.9. The van der Waals surface area contributed by atoms with Crippen molar-refractivity contribution in [3.8, 4) is 5.75 Å². The monoisotopic (exact) mass is 447 g/mol. The molecule has 0 bridgehead atoms. The topological polar surface area (TPSA) is 68.5 Å². The number of hydrogen-bond acceptors (Lipinski definition) is 5. The van der Waals surface area contributed by atoms with Gasteiger partial charge >= 0.3 is 6.18 Å². The first-order valence-electron chi connectivity index (χ1n) is 10.5. The molecule has 9 heteroatoms. The van der Waals surface area contributed by atoms with E-state index in [-0.39, 0.29) is 34.3 Å². The average Bonchev–Trinajstić information content (AvgIpc) is 3.20. The third kappa shape index (κ3) is 4.42. The molecular weight excluding hydrogens is 423 g/mol. The van der Waals surface area contributed by atoms with Gasteiger partial charge in [-0.2, -0.15) is 13.2 Å². The highest BCUT2D eigenvalue weighted by atomic mass is 19.4. The third-order valence-electron chi connectivity index (χ3n) is 5.87. The van der Waals surface area contributed by atoms with Gasteiger partial charge in [0.2, 0.25) is 5.91 Å². The Bertz CT molecular complexity index is 1130. The highest BCUT2D eigenvalue weighted by molar-refractivity contribution is 5.82. The van der Waals surface area contributed by atoms with E-state index >= 15 is 0 Å². The van der Waals surface area contributed by atoms with Crippen LogP contribution in [0.5, 0.6) is 5.75 Å². The molecule has 1 atom stereocenters. The minimum atomic E-state index is -4.55. The predicted molar refractivity (Wildman–Crippen MR) is 111 cm³/mol. The van der Waals surface area contributed by atoms with Crippen LogP contribution in [0.1, 0.15) is 47.7 Å². The van der Waals surface area contributed by atoms with Crippen molar-refractivity contribution in [2.45, 2.75) is 44.7 Å². The predicted octanol–water partition coefficient (Wildman–Crippen LogP) is 4.90. The second-order valence-electron chi connectivity index (χ2n) is 8.05. The number of alkyl halides is 3. The molecule has 1 fully saturated rings. The molecular formula is C23H24F3N3O3. The van der Waals surface area contributed by atoms with Gasteiger partial charge in [-0.25, -0.2) is 4.98 Å². The Morgan fingerprint density at radius 1 is 1.31 bits per heavy atom. The summed E-state index contributed by atoms with van der Waals surface area (Å²) in [6.07, 6.45) is -2.42. The average molecular weight is 447 g/mol. The van der Waals surface area contributed by atoms with E-state index in [4.69, 9.17) is 9.26 Å². The molecule has 2 aromatic heterocycles. The summed E-state index contributed by atoms with van der Waals surface area (Å²) in [5.74, 6) is 0.345. The van der Waals surface area contributed by atoms with Crippen LogP contribution in [-0.2, 0) is 17.4 Å². The molecule has 3 heterocycles. The maximum atomic E-state index is 13.7. The molecule has 6 nitrogen and oxygen atoms in total. The fraction of sp³-hybridized carbons (Fsp3) is 0.435. The van der Waals surface area contributed by atoms with Crippen LogP contribution in [0.15, 0.2) is 34.9 Å². The largest absolute Gasteiger partial charge is 0.496 e. The molecule has 0 aliphatic carbocycles. The summed E-state index contributed by atoms with van der Waals surface area (Å²) in [7, 11) is 1.59. The summed E-state index contributed by atoms with van der Waals surface area (Å²) in [4.78, 5) is 18.7. The number of hydrogen-bond donors (Lipinski definition) is 0. The van der Waals surface area contributed by atoms with E-state index in [0.717, 1.165) is 17.4 Å². The summed E-state index contributed by atoms with van der Waals surface area (Å²) in [5, 5.41) is 3.85. The molecule has 1 unspecified atom stereocenters. The number of ether oxygens (including phenoxy) is 1. The lowest BCUT2D eigenvalue weighted by Crippen LogP contribution is -2.39. The van der Waals surface area contributed by atoms with Crippen molar-refractivity contribution in [1.29, 1.82) is 0 Å². The number of amides is 1. The van der Waals surface area contributed by atoms with Crippen molar-refractivity contribution < 1.29 is 27.2 Å². The third-order valence-corrected chi connectivity index (χ3v) is 5.87. The van der Waals surface area contributed by atoms with Gasteiger partial charge in [0, 0.05) is 31.1 Å². The number of rotatable bonds is 5. The molecule has 0 N–H and O–H groups in total. The van der Waals surface area contributed by atoms with Crippen molar-refractivity contribution in [2.75, 3.05) is 20.2 Å². The van der Waals surface area contributed by atoms with Crippen LogP contribution in [-0.4, -0.2) is 41.1 Å². The van der Waals surface area contributed by atoms with E-state index in [9.17, 15) is 18.0 Å². The number of methoxy groups -OCH3 is 1. The lowest BCUT2D eigenvalue weighted by atomic mass is 9.91. The van der Waals surface area contributed by atoms with Gasteiger partial charge < -0.3 is 14.2 Å². The Hall–Kier alpha value is -3.10. The van der Waals surface area contributed by atoms with Crippen LogP contribution in [0.25, 0.3) is 11.1 Å². The van der Waals surface area contributed by atoms with E-state index in [1.807, 2.05) is 24.3 Å². The number of nitrogens with zero attached hydrogens (tertiary/aromatic N) is 3. The lowest BCUT2D eigenvalue weighted by Gasteiger charge is -2.32. The standard InChI is InChI=1S/C23H24F3N3O3/c1-14-12-17(23(24,25)26)20-21(28-32-22(20)27-14)16-7-5-11-29(13-16)19(30)10-9-15-6-3-4-8-18(15)31-2/h3-4,6,8,12,16H,5,7,9-11,13H2,1-2H3. The van der Waals surface area contributed by atoms with Crippen molar-refractivity contribution in [3.63, 3.8) is 0 Å². The SMILES string of the molecule is COc1ccccc1CCC(=O)N1CCCC(c2noc3nc(C)cc(C(F)(F)F)c23)C1. The van der Waals surface area contributed by atoms with Crippen LogP contribution in [0.2, 0.25) is 0 Å². The summed E-state index contributed by atoms with van der Waals surface area (Å²) in [6, 6.07) is 8.54. The number of carbonyl (C=O) groups is 1. The van der Waals surface area contributed by atoms with Gasteiger partial charge in [-0.3, -0.25) is 4.79 Å². The fourth-order valence-electron chi connectivity index (χ4n) is 4.33. The van der Waals surface area contributed by atoms with Crippen LogP contribution in [0.3, 0.4) is 0 Å². The zero-order chi connectivity index (χ0) is 22.9. The molecule has 0 saturated carbocycles. The van der Waals surface area contributed by atoms with Gasteiger partial charge in [0.15, 0.2) is 0 Å². The molecule has 3 aromatic rings. The first-order chi connectivity index (χ1) is 15.3. The van der Waals surface area contributed by atoms with Crippen LogP contribution in [0, 0.1) is 6.92 Å². The second-order valence-corrected chi connectivity index (χ2v) is 8.05. The number of aryl methyl sites for hydroxylation is 2. The number of carbonyl (C=O) groups excluding carboxylic acids is 1. The van der Waals surface area contributed by atoms with Crippen molar-refractivity contribution in [1.82, 2.24) is 15.0 Å². The molecule has 1 aliphatic heterocycles. The summed E-state index contributed by atoms with van der Waals surface area (Å²) >= 11 is 0. The molecule has 32 heavy (non-hydrogen) atoms. The highest BCUT2D eigenvalue weighted by Crippen LogP contribution is 2.40. The molecule has 0 radical (unpaired) electrons. The van der Waals surface area contributed by atoms with Gasteiger partial charge in [-0.1, -0.05) is 23.4 Å². The smallest absolute Gasteiger partial charge is 0.417 e. The van der Waals surface area contributed by atoms with Crippen molar-refractivity contribution >= 4 is 17.0 Å². The minimum absolute atomic E-state index is 0.0431. The van der Waals surface area contributed by atoms with E-state index in [1.165, 1.54) is 6.92 Å². The Morgan fingerprint density at radius 3 is 2.84 bits per heavy atom. The first kappa shape index (κ1) is 22.1. The lowest BCUT2D eigenvalue weighted by molar-refractivity contribution is -0.136. The molecule has 1 aromatic carbocycles. The number of piperidine rings is 1. The van der Waals surface area contributed by atoms with Crippen molar-refractivity contribution in [3.05, 3.63) is 52.8 Å². The van der Waals surface area contributed by atoms with E-state index < -0.39 is 11.7 Å². The molecule has 1 amide bonds. The Kier molecular flexibility index (Phi) is 6.08. The number of para-hydroxylation sites is 1. The maximum absolute atomic E-state index is 13.7. The first-order valence-corrected chi connectivity index (χ1v) is 10.5. The summed E-state index contributed by atoms with van der Waals surface area (Å²) in [6.45, 7) is 2.36. The number of fused-ring (bicyclic) bond motifs is 1. The Balaban J connectivity index is 1.53. The van der Waals surface area contributed by atoms with Crippen LogP contribution in [0.4, 0.5) is 13.2 Å². The Morgan fingerprint density at radius 2 is 2.09 bits per heavy atom. The molecule has 1 aliphatic rings. The van der Waals surface area contributed by atoms with E-state index in [0.29, 0.717) is 38.8 Å². The Labute approximate surface area is 183 Å². The van der Waals surface area contributed by atoms with Crippen LogP contribution < -0.4 is 4.74 Å². The van der Waals surface area contributed by atoms with Gasteiger partial charge in [-0.15, -0.1) is 0 Å². The maximum Gasteiger partial charge on any atom is 0.417 e. The number of halogens is 3. The molecule has 1 saturated heterocycles. The fourth-order valence-corrected chi connectivity index (χ4v) is 4.33. The van der Waals surface area contributed by atoms with Gasteiger partial charge in [0.05, 0.1) is 23.8 Å². The molecule has 0 spiro atoms. The minimum Gasteiger partial charge on any atom is -0.496 e. The molecule has 170 valence electrons. The number of aromatic nitrogens is 2. The van der Waals surface area contributed by atoms with E-state index in [1.54, 1.807) is 12.0 Å². The summed E-state index contributed by atoms with van der Waals surface area (Å²) in [5.41, 5.74) is 0.463. The second kappa shape index (κ2) is 8.80.